The summed E-state index contributed by atoms with van der Waals surface area (Å²) in [7, 11) is 0. The molecule has 0 fully saturated rings. The third-order valence-corrected chi connectivity index (χ3v) is 6.40. The lowest BCUT2D eigenvalue weighted by Crippen LogP contribution is -2.13. The second-order valence-corrected chi connectivity index (χ2v) is 9.09. The van der Waals surface area contributed by atoms with Gasteiger partial charge in [-0.05, 0) is 72.3 Å². The highest BCUT2D eigenvalue weighted by atomic mass is 32.2. The fraction of sp³-hybridized carbons (Fsp3) is 0.455. The number of hydrogen-bond acceptors (Lipinski definition) is 2. The molecule has 0 saturated heterocycles. The van der Waals surface area contributed by atoms with Gasteiger partial charge in [-0.2, -0.15) is 13.2 Å². The summed E-state index contributed by atoms with van der Waals surface area (Å²) in [6.45, 7) is 12.5. The molecule has 0 spiro atoms. The minimum absolute atomic E-state index is 0.0544. The zero-order valence-corrected chi connectivity index (χ0v) is 17.3. The molecule has 0 bridgehead atoms. The van der Waals surface area contributed by atoms with Crippen molar-refractivity contribution in [1.29, 1.82) is 0 Å². The van der Waals surface area contributed by atoms with Crippen LogP contribution in [-0.2, 0) is 12.7 Å². The van der Waals surface area contributed by atoms with Crippen molar-refractivity contribution < 1.29 is 13.2 Å². The molecule has 2 N–H and O–H groups in total. The Morgan fingerprint density at radius 1 is 1.26 bits per heavy atom. The molecule has 0 aliphatic heterocycles. The van der Waals surface area contributed by atoms with Crippen LogP contribution in [0.1, 0.15) is 63.6 Å². The summed E-state index contributed by atoms with van der Waals surface area (Å²) >= 11 is 1.64. The van der Waals surface area contributed by atoms with E-state index in [1.54, 1.807) is 17.8 Å². The van der Waals surface area contributed by atoms with Gasteiger partial charge in [0, 0.05) is 11.4 Å². The topological polar surface area (TPSA) is 26.0 Å². The van der Waals surface area contributed by atoms with Crippen LogP contribution in [0.2, 0.25) is 0 Å². The summed E-state index contributed by atoms with van der Waals surface area (Å²) in [5, 5.41) is 0. The van der Waals surface area contributed by atoms with Crippen molar-refractivity contribution in [3.05, 3.63) is 63.6 Å². The molecule has 2 rings (SSSR count). The maximum atomic E-state index is 13.1. The Labute approximate surface area is 164 Å². The van der Waals surface area contributed by atoms with Crippen LogP contribution in [0.3, 0.4) is 0 Å². The largest absolute Gasteiger partial charge is 0.416 e. The summed E-state index contributed by atoms with van der Waals surface area (Å²) < 4.78 is 39.3. The van der Waals surface area contributed by atoms with Crippen molar-refractivity contribution in [3.63, 3.8) is 0 Å². The van der Waals surface area contributed by atoms with E-state index in [-0.39, 0.29) is 6.54 Å². The maximum absolute atomic E-state index is 13.1. The molecule has 1 aliphatic rings. The number of halogens is 3. The van der Waals surface area contributed by atoms with Crippen LogP contribution in [0.25, 0.3) is 4.91 Å². The molecule has 0 aromatic heterocycles. The first-order valence-corrected chi connectivity index (χ1v) is 9.90. The minimum atomic E-state index is -4.37. The summed E-state index contributed by atoms with van der Waals surface area (Å²) in [5.41, 5.74) is 8.60. The third-order valence-electron chi connectivity index (χ3n) is 5.04. The summed E-state index contributed by atoms with van der Waals surface area (Å²) in [6, 6.07) is 3.85. The number of allylic oxidation sites excluding steroid dienone is 4. The van der Waals surface area contributed by atoms with Gasteiger partial charge in [-0.25, -0.2) is 0 Å². The molecule has 0 unspecified atom stereocenters. The van der Waals surface area contributed by atoms with Crippen LogP contribution in [0.15, 0.2) is 46.9 Å². The van der Waals surface area contributed by atoms with Gasteiger partial charge in [0.2, 0.25) is 0 Å². The van der Waals surface area contributed by atoms with Gasteiger partial charge >= 0.3 is 6.18 Å². The summed E-state index contributed by atoms with van der Waals surface area (Å²) in [5.74, 6) is 0. The van der Waals surface area contributed by atoms with Crippen molar-refractivity contribution >= 4 is 16.7 Å². The first kappa shape index (κ1) is 21.8. The van der Waals surface area contributed by atoms with Crippen LogP contribution in [0, 0.1) is 5.41 Å². The van der Waals surface area contributed by atoms with Gasteiger partial charge in [-0.1, -0.05) is 49.9 Å². The van der Waals surface area contributed by atoms with Gasteiger partial charge in [-0.3, -0.25) is 0 Å². The van der Waals surface area contributed by atoms with Crippen LogP contribution in [0.5, 0.6) is 0 Å². The molecule has 148 valence electrons. The smallest absolute Gasteiger partial charge is 0.326 e. The third kappa shape index (κ3) is 5.52. The molecule has 1 aliphatic carbocycles. The fourth-order valence-electron chi connectivity index (χ4n) is 2.97. The van der Waals surface area contributed by atoms with Crippen molar-refractivity contribution in [2.45, 2.75) is 59.7 Å². The lowest BCUT2D eigenvalue weighted by molar-refractivity contribution is -0.137. The van der Waals surface area contributed by atoms with Crippen molar-refractivity contribution in [2.24, 2.45) is 11.1 Å². The first-order valence-electron chi connectivity index (χ1n) is 9.09. The van der Waals surface area contributed by atoms with E-state index < -0.39 is 11.7 Å². The van der Waals surface area contributed by atoms with Crippen molar-refractivity contribution in [3.8, 4) is 0 Å². The molecule has 5 heteroatoms. The highest BCUT2D eigenvalue weighted by Gasteiger charge is 2.31. The molecule has 0 amide bonds. The van der Waals surface area contributed by atoms with E-state index in [2.05, 4.69) is 26.5 Å². The molecular weight excluding hydrogens is 367 g/mol. The Bertz CT molecular complexity index is 785. The van der Waals surface area contributed by atoms with Gasteiger partial charge in [0.15, 0.2) is 0 Å². The number of hydrogen-bond donors (Lipinski definition) is 1. The lowest BCUT2D eigenvalue weighted by atomic mass is 9.81. The Hall–Kier alpha value is -1.46. The molecule has 0 atom stereocenters. The van der Waals surface area contributed by atoms with Crippen LogP contribution in [-0.4, -0.2) is 0 Å². The number of nitrogens with two attached hydrogens (primary N) is 1. The van der Waals surface area contributed by atoms with Crippen LogP contribution in [0.4, 0.5) is 13.2 Å². The van der Waals surface area contributed by atoms with E-state index in [1.165, 1.54) is 11.0 Å². The number of benzene rings is 1. The van der Waals surface area contributed by atoms with E-state index in [0.29, 0.717) is 11.0 Å². The average molecular weight is 396 g/mol. The van der Waals surface area contributed by atoms with Gasteiger partial charge in [0.1, 0.15) is 0 Å². The van der Waals surface area contributed by atoms with Gasteiger partial charge in [-0.15, -0.1) is 0 Å². The number of rotatable bonds is 5. The van der Waals surface area contributed by atoms with Crippen molar-refractivity contribution in [2.75, 3.05) is 0 Å². The van der Waals surface area contributed by atoms with Crippen molar-refractivity contribution in [1.82, 2.24) is 0 Å². The van der Waals surface area contributed by atoms with E-state index in [9.17, 15) is 13.2 Å². The second kappa shape index (κ2) is 8.27. The molecule has 1 nitrogen and oxygen atoms in total. The predicted octanol–water partition coefficient (Wildman–Crippen LogP) is 7.30. The second-order valence-electron chi connectivity index (χ2n) is 7.95. The Balaban J connectivity index is 2.49. The molecular formula is C22H28F3NS. The maximum Gasteiger partial charge on any atom is 0.416 e. The molecule has 0 radical (unpaired) electrons. The van der Waals surface area contributed by atoms with E-state index in [0.717, 1.165) is 46.9 Å². The summed E-state index contributed by atoms with van der Waals surface area (Å²) in [6.07, 6.45) is 0.961. The average Bonchev–Trinajstić information content (AvgIpc) is 2.59. The van der Waals surface area contributed by atoms with Crippen LogP contribution < -0.4 is 5.73 Å². The normalized spacial score (nSPS) is 18.0. The lowest BCUT2D eigenvalue weighted by Gasteiger charge is -2.29. The van der Waals surface area contributed by atoms with E-state index >= 15 is 0 Å². The minimum Gasteiger partial charge on any atom is -0.326 e. The molecule has 0 heterocycles. The highest BCUT2D eigenvalue weighted by Crippen LogP contribution is 2.46. The quantitative estimate of drug-likeness (QED) is 0.529. The zero-order valence-electron chi connectivity index (χ0n) is 16.5. The standard InChI is InChI=1S/C22H28F3NS/c1-14(2)15(3)20(27-18-8-10-21(4,5)11-9-18)19-7-6-17(22(23,24)25)12-16(19)13-26/h6-8,12H,1,9-11,13,26H2,2-5H3/b20-15+. The first-order chi connectivity index (χ1) is 12.4. The Kier molecular flexibility index (Phi) is 6.69. The molecule has 0 saturated carbocycles. The van der Waals surface area contributed by atoms with E-state index in [4.69, 9.17) is 5.73 Å². The Morgan fingerprint density at radius 3 is 2.41 bits per heavy atom. The zero-order chi connectivity index (χ0) is 20.4. The van der Waals surface area contributed by atoms with E-state index in [1.807, 2.05) is 13.8 Å². The summed E-state index contributed by atoms with van der Waals surface area (Å²) in [4.78, 5) is 2.20. The molecule has 1 aromatic carbocycles. The predicted molar refractivity (Wildman–Crippen MR) is 110 cm³/mol. The molecule has 27 heavy (non-hydrogen) atoms. The number of thioether (sulfide) groups is 1. The van der Waals surface area contributed by atoms with Gasteiger partial charge in [0.05, 0.1) is 5.56 Å². The Morgan fingerprint density at radius 2 is 1.93 bits per heavy atom. The monoisotopic (exact) mass is 395 g/mol. The van der Waals surface area contributed by atoms with Gasteiger partial charge < -0.3 is 5.73 Å². The fourth-order valence-corrected chi connectivity index (χ4v) is 4.24. The number of alkyl halides is 3. The highest BCUT2D eigenvalue weighted by molar-refractivity contribution is 8.11. The van der Waals surface area contributed by atoms with Crippen LogP contribution >= 0.6 is 11.8 Å². The molecule has 1 aromatic rings. The SMILES string of the molecule is C=C(C)/C(C)=C(/SC1=CCC(C)(C)CC1)c1ccc(C(F)(F)F)cc1CN. The van der Waals surface area contributed by atoms with Gasteiger partial charge in [0.25, 0.3) is 0 Å².